The van der Waals surface area contributed by atoms with Crippen molar-refractivity contribution in [3.8, 4) is 0 Å². The van der Waals surface area contributed by atoms with Crippen molar-refractivity contribution in [3.05, 3.63) is 20.8 Å². The zero-order chi connectivity index (χ0) is 10.7. The number of carbonyl (C=O) groups excluding carboxylic acids is 1. The number of hydrogen-bond acceptors (Lipinski definition) is 2. The molecule has 1 amide bonds. The third-order valence-corrected chi connectivity index (χ3v) is 4.53. The van der Waals surface area contributed by atoms with Gasteiger partial charge in [-0.1, -0.05) is 6.42 Å². The average Bonchev–Trinajstić information content (AvgIpc) is 2.48. The Morgan fingerprint density at radius 1 is 1.60 bits per heavy atom. The highest BCUT2D eigenvalue weighted by Gasteiger charge is 2.24. The number of carbonyl (C=O) groups is 1. The number of thiophene rings is 1. The van der Waals surface area contributed by atoms with Crippen molar-refractivity contribution >= 4 is 33.2 Å². The van der Waals surface area contributed by atoms with E-state index < -0.39 is 0 Å². The first-order chi connectivity index (χ1) is 7.25. The van der Waals surface area contributed by atoms with Crippen LogP contribution in [0.1, 0.15) is 24.1 Å². The molecule has 0 saturated heterocycles. The maximum atomic E-state index is 11.5. The maximum absolute atomic E-state index is 11.5. The summed E-state index contributed by atoms with van der Waals surface area (Å²) in [4.78, 5) is 12.8. The second-order valence-electron chi connectivity index (χ2n) is 3.90. The van der Waals surface area contributed by atoms with Crippen LogP contribution < -0.4 is 5.32 Å². The van der Waals surface area contributed by atoms with Crippen LogP contribution in [0.15, 0.2) is 15.9 Å². The van der Waals surface area contributed by atoms with E-state index in [2.05, 4.69) is 32.7 Å². The fraction of sp³-hybridized carbons (Fsp3) is 0.545. The zero-order valence-corrected chi connectivity index (χ0v) is 10.9. The van der Waals surface area contributed by atoms with Gasteiger partial charge in [-0.05, 0) is 41.3 Å². The minimum atomic E-state index is 0.247. The summed E-state index contributed by atoms with van der Waals surface area (Å²) in [6.45, 7) is 0.766. The molecule has 1 aromatic heterocycles. The molecule has 1 aliphatic carbocycles. The Morgan fingerprint density at radius 3 is 2.93 bits per heavy atom. The lowest BCUT2D eigenvalue weighted by atomic mass is 9.85. The lowest BCUT2D eigenvalue weighted by Crippen LogP contribution is -2.35. The summed E-state index contributed by atoms with van der Waals surface area (Å²) in [6.07, 6.45) is 4.32. The topological polar surface area (TPSA) is 29.1 Å². The quantitative estimate of drug-likeness (QED) is 0.906. The molecule has 2 rings (SSSR count). The summed E-state index contributed by atoms with van der Waals surface area (Å²) in [5, 5.41) is 5.07. The Balaban J connectivity index is 1.68. The standard InChI is InChI=1S/C11H14BrNOS/c12-9-6-10(15-7-9)4-5-13-11(14)8-2-1-3-8/h6-8H,1-5H2,(H,13,14). The molecular weight excluding hydrogens is 274 g/mol. The van der Waals surface area contributed by atoms with Gasteiger partial charge >= 0.3 is 0 Å². The molecule has 0 bridgehead atoms. The van der Waals surface area contributed by atoms with E-state index in [1.54, 1.807) is 11.3 Å². The largest absolute Gasteiger partial charge is 0.356 e. The Labute approximate surface area is 102 Å². The van der Waals surface area contributed by atoms with Gasteiger partial charge < -0.3 is 5.32 Å². The fourth-order valence-corrected chi connectivity index (χ4v) is 3.06. The van der Waals surface area contributed by atoms with Crippen molar-refractivity contribution in [2.75, 3.05) is 6.54 Å². The van der Waals surface area contributed by atoms with Crippen molar-refractivity contribution in [2.24, 2.45) is 5.92 Å². The van der Waals surface area contributed by atoms with Crippen LogP contribution in [0.4, 0.5) is 0 Å². The molecule has 1 aromatic rings. The first kappa shape index (κ1) is 11.1. The zero-order valence-electron chi connectivity index (χ0n) is 8.46. The predicted molar refractivity (Wildman–Crippen MR) is 66.1 cm³/mol. The van der Waals surface area contributed by atoms with Crippen LogP contribution in [-0.2, 0) is 11.2 Å². The Hall–Kier alpha value is -0.350. The van der Waals surface area contributed by atoms with E-state index in [1.807, 2.05) is 0 Å². The average molecular weight is 288 g/mol. The maximum Gasteiger partial charge on any atom is 0.223 e. The van der Waals surface area contributed by atoms with Crippen LogP contribution in [0, 0.1) is 5.92 Å². The molecule has 15 heavy (non-hydrogen) atoms. The van der Waals surface area contributed by atoms with Gasteiger partial charge in [0.25, 0.3) is 0 Å². The third kappa shape index (κ3) is 3.05. The molecule has 0 aliphatic heterocycles. The highest BCUT2D eigenvalue weighted by Crippen LogP contribution is 2.26. The van der Waals surface area contributed by atoms with E-state index in [9.17, 15) is 4.79 Å². The van der Waals surface area contributed by atoms with Gasteiger partial charge in [0.15, 0.2) is 0 Å². The number of halogens is 1. The van der Waals surface area contributed by atoms with Crippen LogP contribution in [0.2, 0.25) is 0 Å². The van der Waals surface area contributed by atoms with E-state index in [1.165, 1.54) is 11.3 Å². The van der Waals surface area contributed by atoms with E-state index in [4.69, 9.17) is 0 Å². The number of rotatable bonds is 4. The Bertz CT molecular complexity index is 346. The molecule has 1 aliphatic rings. The second-order valence-corrected chi connectivity index (χ2v) is 5.81. The summed E-state index contributed by atoms with van der Waals surface area (Å²) in [5.41, 5.74) is 0. The van der Waals surface area contributed by atoms with Crippen LogP contribution in [0.25, 0.3) is 0 Å². The van der Waals surface area contributed by atoms with Gasteiger partial charge in [0.2, 0.25) is 5.91 Å². The highest BCUT2D eigenvalue weighted by molar-refractivity contribution is 9.10. The van der Waals surface area contributed by atoms with Crippen molar-refractivity contribution in [1.82, 2.24) is 5.32 Å². The number of amides is 1. The summed E-state index contributed by atoms with van der Waals surface area (Å²) < 4.78 is 1.13. The normalized spacial score (nSPS) is 16.1. The van der Waals surface area contributed by atoms with Gasteiger partial charge in [-0.25, -0.2) is 0 Å². The third-order valence-electron chi connectivity index (χ3n) is 2.77. The predicted octanol–water partition coefficient (Wildman–Crippen LogP) is 2.97. The molecule has 2 nitrogen and oxygen atoms in total. The van der Waals surface area contributed by atoms with Gasteiger partial charge in [-0.15, -0.1) is 11.3 Å². The minimum absolute atomic E-state index is 0.247. The summed E-state index contributed by atoms with van der Waals surface area (Å²) in [5.74, 6) is 0.553. The monoisotopic (exact) mass is 287 g/mol. The van der Waals surface area contributed by atoms with Crippen molar-refractivity contribution in [1.29, 1.82) is 0 Å². The van der Waals surface area contributed by atoms with Crippen LogP contribution in [-0.4, -0.2) is 12.5 Å². The van der Waals surface area contributed by atoms with Crippen LogP contribution >= 0.6 is 27.3 Å². The molecule has 0 radical (unpaired) electrons. The molecular formula is C11H14BrNOS. The van der Waals surface area contributed by atoms with E-state index >= 15 is 0 Å². The van der Waals surface area contributed by atoms with E-state index in [-0.39, 0.29) is 5.91 Å². The van der Waals surface area contributed by atoms with Gasteiger partial charge in [0, 0.05) is 27.2 Å². The lowest BCUT2D eigenvalue weighted by molar-refractivity contribution is -0.127. The van der Waals surface area contributed by atoms with Gasteiger partial charge in [-0.3, -0.25) is 4.79 Å². The Kier molecular flexibility index (Phi) is 3.81. The molecule has 0 aromatic carbocycles. The highest BCUT2D eigenvalue weighted by atomic mass is 79.9. The number of nitrogens with one attached hydrogen (secondary N) is 1. The van der Waals surface area contributed by atoms with Crippen molar-refractivity contribution < 1.29 is 4.79 Å². The van der Waals surface area contributed by atoms with E-state index in [0.29, 0.717) is 5.92 Å². The Morgan fingerprint density at radius 2 is 2.40 bits per heavy atom. The SMILES string of the molecule is O=C(NCCc1cc(Br)cs1)C1CCC1. The minimum Gasteiger partial charge on any atom is -0.356 e. The van der Waals surface area contributed by atoms with Gasteiger partial charge in [-0.2, -0.15) is 0 Å². The summed E-state index contributed by atoms with van der Waals surface area (Å²) >= 11 is 5.15. The molecule has 0 atom stereocenters. The second kappa shape index (κ2) is 5.12. The van der Waals surface area contributed by atoms with Gasteiger partial charge in [0.1, 0.15) is 0 Å². The molecule has 1 N–H and O–H groups in total. The fourth-order valence-electron chi connectivity index (χ4n) is 1.61. The van der Waals surface area contributed by atoms with Gasteiger partial charge in [0.05, 0.1) is 0 Å². The molecule has 82 valence electrons. The van der Waals surface area contributed by atoms with Crippen LogP contribution in [0.3, 0.4) is 0 Å². The van der Waals surface area contributed by atoms with Crippen LogP contribution in [0.5, 0.6) is 0 Å². The smallest absolute Gasteiger partial charge is 0.223 e. The molecule has 0 unspecified atom stereocenters. The van der Waals surface area contributed by atoms with Crippen molar-refractivity contribution in [3.63, 3.8) is 0 Å². The summed E-state index contributed by atoms with van der Waals surface area (Å²) in [6, 6.07) is 2.11. The lowest BCUT2D eigenvalue weighted by Gasteiger charge is -2.23. The van der Waals surface area contributed by atoms with E-state index in [0.717, 1.165) is 30.3 Å². The first-order valence-electron chi connectivity index (χ1n) is 5.26. The number of hydrogen-bond donors (Lipinski definition) is 1. The first-order valence-corrected chi connectivity index (χ1v) is 6.93. The molecule has 1 fully saturated rings. The van der Waals surface area contributed by atoms with Crippen molar-refractivity contribution in [2.45, 2.75) is 25.7 Å². The molecule has 1 saturated carbocycles. The summed E-state index contributed by atoms with van der Waals surface area (Å²) in [7, 11) is 0. The molecule has 1 heterocycles. The molecule has 0 spiro atoms. The molecule has 4 heteroatoms.